The van der Waals surface area contributed by atoms with Crippen molar-refractivity contribution in [2.24, 2.45) is 11.8 Å². The zero-order valence-electron chi connectivity index (χ0n) is 11.4. The van der Waals surface area contributed by atoms with Crippen molar-refractivity contribution < 1.29 is 14.7 Å². The molecule has 1 aromatic rings. The highest BCUT2D eigenvalue weighted by atomic mass is 16.4. The standard InChI is InChI=1S/C14H19N3O3/c18-13(10-3-1-2-4-11(10)14(19)20)17-8-7-16-6-5-15-12(16)9-17/h5-6,10-11H,1-4,7-9H2,(H,19,20). The van der Waals surface area contributed by atoms with E-state index in [9.17, 15) is 14.7 Å². The summed E-state index contributed by atoms with van der Waals surface area (Å²) in [6, 6.07) is 0. The second kappa shape index (κ2) is 5.26. The van der Waals surface area contributed by atoms with Gasteiger partial charge in [0.05, 0.1) is 18.4 Å². The minimum absolute atomic E-state index is 0.00801. The number of imidazole rings is 1. The van der Waals surface area contributed by atoms with Gasteiger partial charge in [-0.1, -0.05) is 12.8 Å². The molecule has 1 aliphatic heterocycles. The largest absolute Gasteiger partial charge is 0.481 e. The number of amides is 1. The number of carboxylic acid groups (broad SMARTS) is 1. The van der Waals surface area contributed by atoms with Gasteiger partial charge >= 0.3 is 5.97 Å². The highest BCUT2D eigenvalue weighted by Crippen LogP contribution is 2.32. The van der Waals surface area contributed by atoms with Crippen LogP contribution in [0.3, 0.4) is 0 Å². The summed E-state index contributed by atoms with van der Waals surface area (Å²) in [5, 5.41) is 9.29. The summed E-state index contributed by atoms with van der Waals surface area (Å²) in [6.07, 6.45) is 6.82. The Bertz CT molecular complexity index is 525. The van der Waals surface area contributed by atoms with E-state index in [4.69, 9.17) is 0 Å². The van der Waals surface area contributed by atoms with Gasteiger partial charge in [0, 0.05) is 25.5 Å². The van der Waals surface area contributed by atoms with Crippen LogP contribution < -0.4 is 0 Å². The highest BCUT2D eigenvalue weighted by Gasteiger charge is 2.38. The van der Waals surface area contributed by atoms with Crippen molar-refractivity contribution >= 4 is 11.9 Å². The van der Waals surface area contributed by atoms with E-state index >= 15 is 0 Å². The van der Waals surface area contributed by atoms with Gasteiger partial charge in [-0.15, -0.1) is 0 Å². The Balaban J connectivity index is 1.73. The van der Waals surface area contributed by atoms with Crippen LogP contribution in [0.5, 0.6) is 0 Å². The number of rotatable bonds is 2. The molecule has 3 rings (SSSR count). The lowest BCUT2D eigenvalue weighted by atomic mass is 9.78. The quantitative estimate of drug-likeness (QED) is 0.879. The maximum atomic E-state index is 12.6. The maximum Gasteiger partial charge on any atom is 0.307 e. The molecule has 0 spiro atoms. The first kappa shape index (κ1) is 13.1. The maximum absolute atomic E-state index is 12.6. The van der Waals surface area contributed by atoms with E-state index in [1.165, 1.54) is 0 Å². The van der Waals surface area contributed by atoms with Gasteiger partial charge in [0.15, 0.2) is 0 Å². The number of nitrogens with zero attached hydrogens (tertiary/aromatic N) is 3. The van der Waals surface area contributed by atoms with Crippen LogP contribution >= 0.6 is 0 Å². The molecule has 2 aliphatic rings. The van der Waals surface area contributed by atoms with E-state index < -0.39 is 11.9 Å². The van der Waals surface area contributed by atoms with Gasteiger partial charge in [-0.05, 0) is 12.8 Å². The lowest BCUT2D eigenvalue weighted by Crippen LogP contribution is -2.45. The van der Waals surface area contributed by atoms with E-state index in [2.05, 4.69) is 4.98 Å². The molecule has 1 fully saturated rings. The average Bonchev–Trinajstić information content (AvgIpc) is 2.93. The summed E-state index contributed by atoms with van der Waals surface area (Å²) in [7, 11) is 0. The monoisotopic (exact) mass is 277 g/mol. The number of hydrogen-bond acceptors (Lipinski definition) is 3. The fourth-order valence-electron chi connectivity index (χ4n) is 3.32. The smallest absolute Gasteiger partial charge is 0.307 e. The molecular weight excluding hydrogens is 258 g/mol. The molecule has 1 aliphatic carbocycles. The molecule has 1 amide bonds. The van der Waals surface area contributed by atoms with E-state index in [1.807, 2.05) is 10.8 Å². The van der Waals surface area contributed by atoms with Crippen LogP contribution in [0.15, 0.2) is 12.4 Å². The number of carbonyl (C=O) groups excluding carboxylic acids is 1. The Kier molecular flexibility index (Phi) is 3.46. The van der Waals surface area contributed by atoms with Crippen molar-refractivity contribution in [3.05, 3.63) is 18.2 Å². The first-order valence-electron chi connectivity index (χ1n) is 7.18. The molecule has 2 atom stereocenters. The third-order valence-corrected chi connectivity index (χ3v) is 4.46. The number of hydrogen-bond donors (Lipinski definition) is 1. The zero-order valence-corrected chi connectivity index (χ0v) is 11.4. The second-order valence-corrected chi connectivity index (χ2v) is 5.63. The van der Waals surface area contributed by atoms with Crippen LogP contribution in [0, 0.1) is 11.8 Å². The van der Waals surface area contributed by atoms with Gasteiger partial charge in [0.2, 0.25) is 5.91 Å². The molecule has 2 unspecified atom stereocenters. The van der Waals surface area contributed by atoms with Crippen LogP contribution in [-0.2, 0) is 22.7 Å². The van der Waals surface area contributed by atoms with Gasteiger partial charge in [-0.3, -0.25) is 9.59 Å². The van der Waals surface area contributed by atoms with Gasteiger partial charge < -0.3 is 14.6 Å². The summed E-state index contributed by atoms with van der Waals surface area (Å²) in [4.78, 5) is 30.0. The summed E-state index contributed by atoms with van der Waals surface area (Å²) in [6.45, 7) is 1.88. The molecule has 20 heavy (non-hydrogen) atoms. The van der Waals surface area contributed by atoms with Crippen LogP contribution in [0.2, 0.25) is 0 Å². The molecule has 0 radical (unpaired) electrons. The lowest BCUT2D eigenvalue weighted by Gasteiger charge is -2.34. The highest BCUT2D eigenvalue weighted by molar-refractivity contribution is 5.85. The normalized spacial score (nSPS) is 26.1. The molecule has 1 aromatic heterocycles. The van der Waals surface area contributed by atoms with Crippen LogP contribution in [-0.4, -0.2) is 38.0 Å². The van der Waals surface area contributed by atoms with Crippen molar-refractivity contribution in [3.63, 3.8) is 0 Å². The van der Waals surface area contributed by atoms with Gasteiger partial charge in [0.1, 0.15) is 5.82 Å². The molecular formula is C14H19N3O3. The van der Waals surface area contributed by atoms with Gasteiger partial charge in [-0.25, -0.2) is 4.98 Å². The summed E-state index contributed by atoms with van der Waals surface area (Å²) in [5.74, 6) is -0.833. The van der Waals surface area contributed by atoms with Crippen molar-refractivity contribution in [1.82, 2.24) is 14.5 Å². The third-order valence-electron chi connectivity index (χ3n) is 4.46. The minimum atomic E-state index is -0.832. The van der Waals surface area contributed by atoms with Crippen LogP contribution in [0.25, 0.3) is 0 Å². The Hall–Kier alpha value is -1.85. The molecule has 0 bridgehead atoms. The van der Waals surface area contributed by atoms with Crippen molar-refractivity contribution in [1.29, 1.82) is 0 Å². The Labute approximate surface area is 117 Å². The molecule has 2 heterocycles. The fraction of sp³-hybridized carbons (Fsp3) is 0.643. The molecule has 0 aromatic carbocycles. The van der Waals surface area contributed by atoms with E-state index in [0.29, 0.717) is 25.9 Å². The number of carbonyl (C=O) groups is 2. The number of fused-ring (bicyclic) bond motifs is 1. The zero-order chi connectivity index (χ0) is 14.1. The fourth-order valence-corrected chi connectivity index (χ4v) is 3.32. The van der Waals surface area contributed by atoms with Gasteiger partial charge in [0.25, 0.3) is 0 Å². The molecule has 6 heteroatoms. The Morgan fingerprint density at radius 1 is 1.20 bits per heavy atom. The van der Waals surface area contributed by atoms with Crippen molar-refractivity contribution in [2.75, 3.05) is 6.54 Å². The first-order chi connectivity index (χ1) is 9.66. The minimum Gasteiger partial charge on any atom is -0.481 e. The SMILES string of the molecule is O=C(O)C1CCCCC1C(=O)N1CCn2ccnc2C1. The van der Waals surface area contributed by atoms with Crippen LogP contribution in [0.1, 0.15) is 31.5 Å². The van der Waals surface area contributed by atoms with E-state index in [-0.39, 0.29) is 11.8 Å². The van der Waals surface area contributed by atoms with Crippen molar-refractivity contribution in [3.8, 4) is 0 Å². The van der Waals surface area contributed by atoms with Gasteiger partial charge in [-0.2, -0.15) is 0 Å². The number of aliphatic carboxylic acids is 1. The van der Waals surface area contributed by atoms with E-state index in [0.717, 1.165) is 25.2 Å². The summed E-state index contributed by atoms with van der Waals surface area (Å²) >= 11 is 0. The second-order valence-electron chi connectivity index (χ2n) is 5.63. The lowest BCUT2D eigenvalue weighted by molar-refractivity contribution is -0.153. The molecule has 6 nitrogen and oxygen atoms in total. The average molecular weight is 277 g/mol. The molecule has 1 N–H and O–H groups in total. The van der Waals surface area contributed by atoms with Crippen LogP contribution in [0.4, 0.5) is 0 Å². The van der Waals surface area contributed by atoms with E-state index in [1.54, 1.807) is 11.1 Å². The first-order valence-corrected chi connectivity index (χ1v) is 7.18. The third kappa shape index (κ3) is 2.30. The molecule has 0 saturated heterocycles. The Morgan fingerprint density at radius 3 is 2.70 bits per heavy atom. The predicted molar refractivity (Wildman–Crippen MR) is 70.7 cm³/mol. The summed E-state index contributed by atoms with van der Waals surface area (Å²) in [5.41, 5.74) is 0. The topological polar surface area (TPSA) is 75.4 Å². The number of carboxylic acids is 1. The summed E-state index contributed by atoms with van der Waals surface area (Å²) < 4.78 is 2.04. The van der Waals surface area contributed by atoms with Crippen molar-refractivity contribution in [2.45, 2.75) is 38.8 Å². The Morgan fingerprint density at radius 2 is 1.95 bits per heavy atom. The number of aromatic nitrogens is 2. The molecule has 1 saturated carbocycles. The molecule has 108 valence electrons. The predicted octanol–water partition coefficient (Wildman–Crippen LogP) is 1.12.